The van der Waals surface area contributed by atoms with Crippen molar-refractivity contribution in [3.8, 4) is 0 Å². The molecule has 0 saturated carbocycles. The fourth-order valence-electron chi connectivity index (χ4n) is 0.405. The molecule has 0 radical (unpaired) electrons. The Hall–Kier alpha value is -0.350. The molecule has 0 aliphatic carbocycles. The topological polar surface area (TPSA) is 46.5 Å². The maximum Gasteiger partial charge on any atom is 0.262 e. The summed E-state index contributed by atoms with van der Waals surface area (Å²) in [5, 5.41) is 0. The predicted molar refractivity (Wildman–Crippen MR) is 42.9 cm³/mol. The Morgan fingerprint density at radius 2 is 2.10 bits per heavy atom. The molecule has 10 heavy (non-hydrogen) atoms. The highest BCUT2D eigenvalue weighted by atomic mass is 35.7. The highest BCUT2D eigenvalue weighted by Crippen LogP contribution is 2.08. The Morgan fingerprint density at radius 3 is 2.20 bits per heavy atom. The van der Waals surface area contributed by atoms with E-state index in [9.17, 15) is 8.42 Å². The summed E-state index contributed by atoms with van der Waals surface area (Å²) in [6.07, 6.45) is 2.58. The van der Waals surface area contributed by atoms with E-state index in [1.807, 2.05) is 0 Å². The van der Waals surface area contributed by atoms with E-state index in [0.717, 1.165) is 0 Å². The van der Waals surface area contributed by atoms with Gasteiger partial charge >= 0.3 is 0 Å². The van der Waals surface area contributed by atoms with E-state index in [0.29, 0.717) is 0 Å². The van der Waals surface area contributed by atoms with Crippen LogP contribution < -0.4 is 0 Å². The zero-order valence-electron chi connectivity index (χ0n) is 5.70. The number of rotatable bonds is 2. The molecule has 0 rings (SSSR count). The number of halogens is 1. The minimum Gasteiger partial charge on any atom is -0.295 e. The van der Waals surface area contributed by atoms with Gasteiger partial charge in [0.05, 0.1) is 4.91 Å². The van der Waals surface area contributed by atoms with Crippen LogP contribution in [0.1, 0.15) is 6.92 Å². The zero-order valence-corrected chi connectivity index (χ0v) is 7.28. The average molecular weight is 182 g/mol. The number of allylic oxidation sites excluding steroid dienone is 2. The van der Waals surface area contributed by atoms with Crippen molar-refractivity contribution in [1.82, 2.24) is 0 Å². The number of hydrogen-bond donors (Lipinski definition) is 0. The van der Waals surface area contributed by atoms with Gasteiger partial charge in [-0.25, -0.2) is 8.42 Å². The number of aliphatic imine (C=N–C) groups is 1. The Balaban J connectivity index is 4.75. The molecule has 0 bridgehead atoms. The van der Waals surface area contributed by atoms with Crippen LogP contribution in [0.15, 0.2) is 16.0 Å². The fourth-order valence-corrected chi connectivity index (χ4v) is 1.31. The summed E-state index contributed by atoms with van der Waals surface area (Å²) < 4.78 is 21.1. The van der Waals surface area contributed by atoms with Gasteiger partial charge in [0.2, 0.25) is 0 Å². The molecule has 0 fully saturated rings. The first kappa shape index (κ1) is 9.65. The zero-order chi connectivity index (χ0) is 8.20. The van der Waals surface area contributed by atoms with Crippen LogP contribution in [0, 0.1) is 0 Å². The van der Waals surface area contributed by atoms with Crippen molar-refractivity contribution in [3.05, 3.63) is 11.0 Å². The summed E-state index contributed by atoms with van der Waals surface area (Å²) in [5.41, 5.74) is 0. The minimum atomic E-state index is -3.59. The highest BCUT2D eigenvalue weighted by molar-refractivity contribution is 8.17. The number of hydrogen-bond acceptors (Lipinski definition) is 3. The smallest absolute Gasteiger partial charge is 0.262 e. The molecule has 0 saturated heterocycles. The maximum absolute atomic E-state index is 10.6. The molecular weight excluding hydrogens is 174 g/mol. The van der Waals surface area contributed by atoms with Gasteiger partial charge in [0.1, 0.15) is 0 Å². The van der Waals surface area contributed by atoms with Crippen LogP contribution in [-0.4, -0.2) is 21.7 Å². The van der Waals surface area contributed by atoms with Crippen molar-refractivity contribution in [2.75, 3.05) is 7.05 Å². The summed E-state index contributed by atoms with van der Waals surface area (Å²) in [5.74, 6) is 0. The van der Waals surface area contributed by atoms with Crippen LogP contribution in [0.25, 0.3) is 0 Å². The van der Waals surface area contributed by atoms with E-state index in [-0.39, 0.29) is 4.91 Å². The lowest BCUT2D eigenvalue weighted by molar-refractivity contribution is 0.616. The molecule has 0 aromatic heterocycles. The second-order valence-corrected chi connectivity index (χ2v) is 4.08. The Bertz CT molecular complexity index is 253. The molecule has 0 N–H and O–H groups in total. The molecule has 0 aliphatic heterocycles. The molecule has 58 valence electrons. The van der Waals surface area contributed by atoms with Crippen LogP contribution in [0.2, 0.25) is 0 Å². The molecule has 3 nitrogen and oxygen atoms in total. The first-order chi connectivity index (χ1) is 4.52. The van der Waals surface area contributed by atoms with Crippen molar-refractivity contribution in [1.29, 1.82) is 0 Å². The summed E-state index contributed by atoms with van der Waals surface area (Å²) >= 11 is 0. The molecule has 0 aromatic rings. The quantitative estimate of drug-likeness (QED) is 0.474. The van der Waals surface area contributed by atoms with E-state index in [4.69, 9.17) is 10.7 Å². The fraction of sp³-hybridized carbons (Fsp3) is 0.400. The first-order valence-corrected chi connectivity index (χ1v) is 4.86. The lowest BCUT2D eigenvalue weighted by atomic mass is 10.5. The van der Waals surface area contributed by atoms with Gasteiger partial charge in [0.25, 0.3) is 9.05 Å². The molecule has 5 heteroatoms. The summed E-state index contributed by atoms with van der Waals surface area (Å²) in [4.78, 5) is 3.54. The average Bonchev–Trinajstić information content (AvgIpc) is 1.80. The van der Waals surface area contributed by atoms with E-state index in [1.54, 1.807) is 6.92 Å². The standard InChI is InChI=1S/C5H8ClNO2S/c1-3-5(4-7-2)10(6,8)9/h3-4H,1-2H3/b5-3+,7-4?. The minimum absolute atomic E-state index is 0.0247. The SMILES string of the molecule is C/C=C(\C=NC)S(=O)(=O)Cl. The molecule has 0 aromatic carbocycles. The van der Waals surface area contributed by atoms with E-state index in [2.05, 4.69) is 4.99 Å². The summed E-state index contributed by atoms with van der Waals surface area (Å²) in [6, 6.07) is 0. The van der Waals surface area contributed by atoms with Crippen LogP contribution >= 0.6 is 10.7 Å². The van der Waals surface area contributed by atoms with E-state index in [1.165, 1.54) is 19.3 Å². The van der Waals surface area contributed by atoms with E-state index >= 15 is 0 Å². The van der Waals surface area contributed by atoms with Crippen molar-refractivity contribution in [2.24, 2.45) is 4.99 Å². The Kier molecular flexibility index (Phi) is 3.60. The predicted octanol–water partition coefficient (Wildman–Crippen LogP) is 1.16. The first-order valence-electron chi connectivity index (χ1n) is 2.55. The van der Waals surface area contributed by atoms with Gasteiger partial charge in [-0.05, 0) is 6.92 Å². The summed E-state index contributed by atoms with van der Waals surface area (Å²) in [7, 11) is 2.88. The molecule has 0 amide bonds. The van der Waals surface area contributed by atoms with Gasteiger partial charge < -0.3 is 0 Å². The van der Waals surface area contributed by atoms with Gasteiger partial charge in [-0.1, -0.05) is 6.08 Å². The third kappa shape index (κ3) is 2.98. The van der Waals surface area contributed by atoms with Crippen molar-refractivity contribution >= 4 is 25.9 Å². The van der Waals surface area contributed by atoms with Crippen molar-refractivity contribution in [2.45, 2.75) is 6.92 Å². The largest absolute Gasteiger partial charge is 0.295 e. The van der Waals surface area contributed by atoms with Crippen molar-refractivity contribution in [3.63, 3.8) is 0 Å². The lowest BCUT2D eigenvalue weighted by Gasteiger charge is -1.90. The van der Waals surface area contributed by atoms with Gasteiger partial charge in [-0.2, -0.15) is 0 Å². The maximum atomic E-state index is 10.6. The van der Waals surface area contributed by atoms with E-state index < -0.39 is 9.05 Å². The second kappa shape index (κ2) is 3.73. The third-order valence-corrected chi connectivity index (χ3v) is 2.26. The Labute approximate surface area is 64.8 Å². The highest BCUT2D eigenvalue weighted by Gasteiger charge is 2.08. The number of nitrogens with zero attached hydrogens (tertiary/aromatic N) is 1. The third-order valence-electron chi connectivity index (χ3n) is 0.822. The molecule has 0 aliphatic rings. The van der Waals surface area contributed by atoms with Gasteiger partial charge in [-0.3, -0.25) is 4.99 Å². The summed E-state index contributed by atoms with van der Waals surface area (Å²) in [6.45, 7) is 1.58. The molecule has 0 atom stereocenters. The van der Waals surface area contributed by atoms with Gasteiger partial charge in [0, 0.05) is 23.9 Å². The van der Waals surface area contributed by atoms with Crippen LogP contribution in [0.4, 0.5) is 0 Å². The molecular formula is C5H8ClNO2S. The lowest BCUT2D eigenvalue weighted by Crippen LogP contribution is -1.95. The molecule has 0 heterocycles. The van der Waals surface area contributed by atoms with Crippen molar-refractivity contribution < 1.29 is 8.42 Å². The van der Waals surface area contributed by atoms with Crippen LogP contribution in [0.5, 0.6) is 0 Å². The Morgan fingerprint density at radius 1 is 1.60 bits per heavy atom. The monoisotopic (exact) mass is 181 g/mol. The molecule has 0 spiro atoms. The normalized spacial score (nSPS) is 14.5. The van der Waals surface area contributed by atoms with Gasteiger partial charge in [0.15, 0.2) is 0 Å². The van der Waals surface area contributed by atoms with Gasteiger partial charge in [-0.15, -0.1) is 0 Å². The van der Waals surface area contributed by atoms with Crippen LogP contribution in [-0.2, 0) is 9.05 Å². The molecule has 0 unspecified atom stereocenters. The second-order valence-electron chi connectivity index (χ2n) is 1.52. The van der Waals surface area contributed by atoms with Crippen LogP contribution in [0.3, 0.4) is 0 Å².